The zero-order chi connectivity index (χ0) is 15.9. The predicted octanol–water partition coefficient (Wildman–Crippen LogP) is 4.33. The Morgan fingerprint density at radius 1 is 1.05 bits per heavy atom. The quantitative estimate of drug-likeness (QED) is 0.709. The first-order chi connectivity index (χ1) is 9.96. The minimum Gasteiger partial charge on any atom is -0.396 e. The van der Waals surface area contributed by atoms with Crippen molar-refractivity contribution in [1.29, 1.82) is 0 Å². The third kappa shape index (κ3) is 5.44. The van der Waals surface area contributed by atoms with E-state index in [0.717, 1.165) is 25.8 Å². The highest BCUT2D eigenvalue weighted by Crippen LogP contribution is 2.26. The summed E-state index contributed by atoms with van der Waals surface area (Å²) in [4.78, 5) is 0. The maximum Gasteiger partial charge on any atom is 0.0499 e. The van der Waals surface area contributed by atoms with Gasteiger partial charge in [-0.05, 0) is 43.2 Å². The molecule has 0 amide bonds. The van der Waals surface area contributed by atoms with Crippen molar-refractivity contribution in [3.8, 4) is 0 Å². The molecule has 21 heavy (non-hydrogen) atoms. The van der Waals surface area contributed by atoms with Gasteiger partial charge in [-0.3, -0.25) is 0 Å². The Kier molecular flexibility index (Phi) is 7.41. The second kappa shape index (κ2) is 8.55. The number of hydrogen-bond acceptors (Lipinski definition) is 2. The van der Waals surface area contributed by atoms with E-state index in [1.54, 1.807) is 0 Å². The predicted molar refractivity (Wildman–Crippen MR) is 91.5 cm³/mol. The Labute approximate surface area is 131 Å². The van der Waals surface area contributed by atoms with E-state index >= 15 is 0 Å². The Morgan fingerprint density at radius 3 is 2.05 bits per heavy atom. The number of hydrogen-bond donors (Lipinski definition) is 2. The van der Waals surface area contributed by atoms with Gasteiger partial charge in [0.1, 0.15) is 0 Å². The van der Waals surface area contributed by atoms with Crippen molar-refractivity contribution in [2.45, 2.75) is 59.9 Å². The third-order valence-electron chi connectivity index (χ3n) is 4.74. The monoisotopic (exact) mass is 291 g/mol. The van der Waals surface area contributed by atoms with E-state index in [-0.39, 0.29) is 12.0 Å². The molecule has 1 aromatic carbocycles. The molecule has 0 aromatic heterocycles. The van der Waals surface area contributed by atoms with Crippen LogP contribution in [0.5, 0.6) is 0 Å². The second-order valence-electron chi connectivity index (χ2n) is 6.81. The molecule has 0 fully saturated rings. The van der Waals surface area contributed by atoms with Crippen LogP contribution in [0.15, 0.2) is 24.3 Å². The summed E-state index contributed by atoms with van der Waals surface area (Å²) < 4.78 is 0. The zero-order valence-electron chi connectivity index (χ0n) is 14.4. The number of aliphatic hydroxyl groups is 1. The molecule has 0 radical (unpaired) electrons. The fourth-order valence-corrected chi connectivity index (χ4v) is 2.68. The van der Waals surface area contributed by atoms with Crippen molar-refractivity contribution in [2.24, 2.45) is 11.3 Å². The summed E-state index contributed by atoms with van der Waals surface area (Å²) in [6.07, 6.45) is 3.15. The molecule has 0 aliphatic carbocycles. The molecule has 1 aromatic rings. The average Bonchev–Trinajstić information content (AvgIpc) is 2.49. The van der Waals surface area contributed by atoms with Gasteiger partial charge in [0.2, 0.25) is 0 Å². The van der Waals surface area contributed by atoms with Gasteiger partial charge in [0, 0.05) is 24.6 Å². The first kappa shape index (κ1) is 18.2. The van der Waals surface area contributed by atoms with Gasteiger partial charge in [0.15, 0.2) is 0 Å². The molecule has 1 rings (SSSR count). The van der Waals surface area contributed by atoms with Crippen molar-refractivity contribution in [1.82, 2.24) is 5.32 Å². The van der Waals surface area contributed by atoms with Gasteiger partial charge in [0.05, 0.1) is 0 Å². The molecule has 120 valence electrons. The van der Waals surface area contributed by atoms with Crippen molar-refractivity contribution in [2.75, 3.05) is 13.2 Å². The standard InChI is InChI=1S/C19H33NO/c1-6-19(7-2,14-21)13-20-16(5)18-10-8-17(9-11-18)12-15(3)4/h8-11,15-16,20-21H,6-7,12-14H2,1-5H3. The molecule has 0 saturated carbocycles. The van der Waals surface area contributed by atoms with Gasteiger partial charge in [-0.25, -0.2) is 0 Å². The molecule has 1 unspecified atom stereocenters. The molecule has 0 heterocycles. The topological polar surface area (TPSA) is 32.3 Å². The number of benzene rings is 1. The van der Waals surface area contributed by atoms with Crippen molar-refractivity contribution in [3.63, 3.8) is 0 Å². The molecule has 2 N–H and O–H groups in total. The summed E-state index contributed by atoms with van der Waals surface area (Å²) in [5.41, 5.74) is 2.75. The van der Waals surface area contributed by atoms with Crippen molar-refractivity contribution in [3.05, 3.63) is 35.4 Å². The van der Waals surface area contributed by atoms with Crippen LogP contribution < -0.4 is 5.32 Å². The van der Waals surface area contributed by atoms with Crippen LogP contribution >= 0.6 is 0 Å². The van der Waals surface area contributed by atoms with Crippen LogP contribution in [0.4, 0.5) is 0 Å². The van der Waals surface area contributed by atoms with Crippen molar-refractivity contribution >= 4 is 0 Å². The third-order valence-corrected chi connectivity index (χ3v) is 4.74. The highest BCUT2D eigenvalue weighted by atomic mass is 16.3. The Balaban J connectivity index is 2.61. The Bertz CT molecular complexity index is 384. The molecule has 0 bridgehead atoms. The molecular weight excluding hydrogens is 258 g/mol. The largest absolute Gasteiger partial charge is 0.396 e. The van der Waals surface area contributed by atoms with Crippen LogP contribution in [0, 0.1) is 11.3 Å². The van der Waals surface area contributed by atoms with E-state index in [1.165, 1.54) is 11.1 Å². The van der Waals surface area contributed by atoms with Crippen LogP contribution in [-0.2, 0) is 6.42 Å². The molecule has 0 saturated heterocycles. The summed E-state index contributed by atoms with van der Waals surface area (Å²) in [5, 5.41) is 13.2. The summed E-state index contributed by atoms with van der Waals surface area (Å²) >= 11 is 0. The first-order valence-electron chi connectivity index (χ1n) is 8.39. The molecule has 0 spiro atoms. The van der Waals surface area contributed by atoms with Crippen LogP contribution in [0.25, 0.3) is 0 Å². The maximum absolute atomic E-state index is 9.64. The van der Waals surface area contributed by atoms with Crippen LogP contribution in [0.3, 0.4) is 0 Å². The number of nitrogens with one attached hydrogen (secondary N) is 1. The van der Waals surface area contributed by atoms with Crippen LogP contribution in [0.2, 0.25) is 0 Å². The molecule has 0 aliphatic heterocycles. The van der Waals surface area contributed by atoms with Crippen LogP contribution in [0.1, 0.15) is 64.6 Å². The summed E-state index contributed by atoms with van der Waals surface area (Å²) in [5.74, 6) is 0.700. The Hall–Kier alpha value is -0.860. The van der Waals surface area contributed by atoms with Gasteiger partial charge in [-0.15, -0.1) is 0 Å². The van der Waals surface area contributed by atoms with E-state index in [2.05, 4.69) is 64.2 Å². The lowest BCUT2D eigenvalue weighted by Gasteiger charge is -2.31. The van der Waals surface area contributed by atoms with Gasteiger partial charge >= 0.3 is 0 Å². The highest BCUT2D eigenvalue weighted by molar-refractivity contribution is 5.25. The first-order valence-corrected chi connectivity index (χ1v) is 8.39. The van der Waals surface area contributed by atoms with E-state index in [0.29, 0.717) is 12.0 Å². The van der Waals surface area contributed by atoms with Crippen LogP contribution in [-0.4, -0.2) is 18.3 Å². The van der Waals surface area contributed by atoms with Gasteiger partial charge in [-0.2, -0.15) is 0 Å². The lowest BCUT2D eigenvalue weighted by Crippen LogP contribution is -2.37. The summed E-state index contributed by atoms with van der Waals surface area (Å²) in [6.45, 7) is 12.1. The van der Waals surface area contributed by atoms with Gasteiger partial charge in [-0.1, -0.05) is 52.0 Å². The minimum absolute atomic E-state index is 0.0197. The molecule has 2 nitrogen and oxygen atoms in total. The Morgan fingerprint density at radius 2 is 1.62 bits per heavy atom. The van der Waals surface area contributed by atoms with E-state index in [9.17, 15) is 5.11 Å². The lowest BCUT2D eigenvalue weighted by atomic mass is 9.83. The fraction of sp³-hybridized carbons (Fsp3) is 0.684. The lowest BCUT2D eigenvalue weighted by molar-refractivity contribution is 0.110. The van der Waals surface area contributed by atoms with Gasteiger partial charge in [0.25, 0.3) is 0 Å². The van der Waals surface area contributed by atoms with Crippen molar-refractivity contribution < 1.29 is 5.11 Å². The normalized spacial score (nSPS) is 13.7. The molecule has 1 atom stereocenters. The number of rotatable bonds is 9. The zero-order valence-corrected chi connectivity index (χ0v) is 14.4. The summed E-state index contributed by atoms with van der Waals surface area (Å²) in [6, 6.07) is 9.27. The maximum atomic E-state index is 9.64. The highest BCUT2D eigenvalue weighted by Gasteiger charge is 2.25. The number of aliphatic hydroxyl groups excluding tert-OH is 1. The van der Waals surface area contributed by atoms with E-state index in [1.807, 2.05) is 0 Å². The smallest absolute Gasteiger partial charge is 0.0499 e. The molecule has 0 aliphatic rings. The minimum atomic E-state index is 0.0197. The SMILES string of the molecule is CCC(CC)(CO)CNC(C)c1ccc(CC(C)C)cc1. The van der Waals surface area contributed by atoms with E-state index < -0.39 is 0 Å². The molecule has 2 heteroatoms. The average molecular weight is 291 g/mol. The van der Waals surface area contributed by atoms with Gasteiger partial charge < -0.3 is 10.4 Å². The second-order valence-corrected chi connectivity index (χ2v) is 6.81. The fourth-order valence-electron chi connectivity index (χ4n) is 2.68. The summed E-state index contributed by atoms with van der Waals surface area (Å²) in [7, 11) is 0. The molecular formula is C19H33NO. The van der Waals surface area contributed by atoms with E-state index in [4.69, 9.17) is 0 Å².